The largest absolute Gasteiger partial charge is 0.493 e. The number of carbonyl (C=O) groups is 1. The highest BCUT2D eigenvalue weighted by Gasteiger charge is 2.26. The molecule has 0 unspecified atom stereocenters. The van der Waals surface area contributed by atoms with Crippen molar-refractivity contribution >= 4 is 5.91 Å². The summed E-state index contributed by atoms with van der Waals surface area (Å²) in [7, 11) is 6.54. The second-order valence-electron chi connectivity index (χ2n) is 7.34. The minimum Gasteiger partial charge on any atom is -0.493 e. The number of hydrogen-bond acceptors (Lipinski definition) is 5. The Morgan fingerprint density at radius 1 is 0.900 bits per heavy atom. The van der Waals surface area contributed by atoms with Gasteiger partial charge < -0.3 is 28.7 Å². The first kappa shape index (κ1) is 21.9. The van der Waals surface area contributed by atoms with E-state index < -0.39 is 0 Å². The molecule has 1 fully saturated rings. The number of nitrogens with one attached hydrogen (secondary N) is 1. The molecular weight excluding hydrogens is 384 g/mol. The van der Waals surface area contributed by atoms with Gasteiger partial charge in [-0.2, -0.15) is 0 Å². The molecule has 0 saturated carbocycles. The van der Waals surface area contributed by atoms with Crippen molar-refractivity contribution in [1.29, 1.82) is 0 Å². The number of hydrogen-bond donors (Lipinski definition) is 1. The fraction of sp³-hybridized carbons (Fsp3) is 0.435. The van der Waals surface area contributed by atoms with Crippen LogP contribution in [0.4, 0.5) is 0 Å². The zero-order valence-corrected chi connectivity index (χ0v) is 18.2. The molecule has 1 aliphatic heterocycles. The van der Waals surface area contributed by atoms with Crippen molar-refractivity contribution < 1.29 is 28.6 Å². The summed E-state index contributed by atoms with van der Waals surface area (Å²) >= 11 is 0. The molecule has 0 spiro atoms. The van der Waals surface area contributed by atoms with E-state index in [0.717, 1.165) is 49.4 Å². The zero-order chi connectivity index (χ0) is 21.5. The molecule has 1 aliphatic rings. The van der Waals surface area contributed by atoms with Crippen LogP contribution in [0, 0.1) is 0 Å². The first-order chi connectivity index (χ1) is 14.6. The third-order valence-electron chi connectivity index (χ3n) is 5.50. The average Bonchev–Trinajstić information content (AvgIpc) is 2.79. The molecule has 1 saturated heterocycles. The fourth-order valence-corrected chi connectivity index (χ4v) is 3.87. The van der Waals surface area contributed by atoms with Crippen molar-refractivity contribution in [2.45, 2.75) is 13.2 Å². The van der Waals surface area contributed by atoms with Crippen molar-refractivity contribution in [3.8, 4) is 17.2 Å². The lowest BCUT2D eigenvalue weighted by Crippen LogP contribution is -3.13. The summed E-state index contributed by atoms with van der Waals surface area (Å²) in [5.74, 6) is 2.06. The molecule has 3 rings (SSSR count). The van der Waals surface area contributed by atoms with Gasteiger partial charge >= 0.3 is 0 Å². The van der Waals surface area contributed by atoms with Gasteiger partial charge in [0.25, 0.3) is 5.91 Å². The molecule has 0 aliphatic carbocycles. The average molecular weight is 416 g/mol. The normalized spacial score (nSPS) is 14.5. The van der Waals surface area contributed by atoms with E-state index in [4.69, 9.17) is 18.9 Å². The van der Waals surface area contributed by atoms with Gasteiger partial charge in [0.2, 0.25) is 5.75 Å². The van der Waals surface area contributed by atoms with Gasteiger partial charge in [-0.15, -0.1) is 0 Å². The Balaban J connectivity index is 1.61. The summed E-state index contributed by atoms with van der Waals surface area (Å²) in [5, 5.41) is 0. The van der Waals surface area contributed by atoms with Crippen LogP contribution in [0.2, 0.25) is 0 Å². The molecule has 0 bridgehead atoms. The lowest BCUT2D eigenvalue weighted by molar-refractivity contribution is -0.917. The summed E-state index contributed by atoms with van der Waals surface area (Å²) in [4.78, 5) is 16.2. The highest BCUT2D eigenvalue weighted by atomic mass is 16.5. The fourth-order valence-electron chi connectivity index (χ4n) is 3.87. The highest BCUT2D eigenvalue weighted by molar-refractivity contribution is 5.94. The van der Waals surface area contributed by atoms with Crippen LogP contribution in [0.5, 0.6) is 17.2 Å². The van der Waals surface area contributed by atoms with E-state index in [-0.39, 0.29) is 5.91 Å². The number of methoxy groups -OCH3 is 4. The maximum atomic E-state index is 12.8. The molecule has 7 nitrogen and oxygen atoms in total. The quantitative estimate of drug-likeness (QED) is 0.706. The summed E-state index contributed by atoms with van der Waals surface area (Å²) in [6, 6.07) is 11.6. The van der Waals surface area contributed by atoms with Gasteiger partial charge in [0.05, 0.1) is 59.7 Å². The van der Waals surface area contributed by atoms with Crippen LogP contribution < -0.4 is 19.1 Å². The molecule has 0 aromatic heterocycles. The van der Waals surface area contributed by atoms with Gasteiger partial charge in [0.15, 0.2) is 11.5 Å². The van der Waals surface area contributed by atoms with E-state index >= 15 is 0 Å². The molecular formula is C23H31N2O5+. The van der Waals surface area contributed by atoms with Crippen LogP contribution in [-0.4, -0.2) is 65.4 Å². The third kappa shape index (κ3) is 4.86. The number of quaternary nitrogens is 1. The summed E-state index contributed by atoms with van der Waals surface area (Å²) in [6.07, 6.45) is 0. The second-order valence-corrected chi connectivity index (χ2v) is 7.34. The molecule has 30 heavy (non-hydrogen) atoms. The summed E-state index contributed by atoms with van der Waals surface area (Å²) in [5.41, 5.74) is 2.85. The van der Waals surface area contributed by atoms with E-state index in [1.807, 2.05) is 41.3 Å². The molecule has 1 heterocycles. The first-order valence-corrected chi connectivity index (χ1v) is 10.1. The number of rotatable bonds is 8. The van der Waals surface area contributed by atoms with E-state index in [2.05, 4.69) is 0 Å². The van der Waals surface area contributed by atoms with Crippen LogP contribution in [0.25, 0.3) is 0 Å². The molecule has 162 valence electrons. The Bertz CT molecular complexity index is 845. The van der Waals surface area contributed by atoms with E-state index in [0.29, 0.717) is 23.9 Å². The standard InChI is InChI=1S/C23H30N2O5/c1-27-16-17-5-7-18(8-6-17)23(26)25-13-11-24(12-14-25)15-19-9-10-20(28-2)22(30-4)21(19)29-3/h5-10H,11-16H2,1-4H3/p+1. The van der Waals surface area contributed by atoms with Crippen molar-refractivity contribution in [2.24, 2.45) is 0 Å². The Hall–Kier alpha value is -2.77. The van der Waals surface area contributed by atoms with Crippen LogP contribution in [-0.2, 0) is 17.9 Å². The molecule has 0 atom stereocenters. The number of nitrogens with zero attached hydrogens (tertiary/aromatic N) is 1. The van der Waals surface area contributed by atoms with Crippen LogP contribution >= 0.6 is 0 Å². The number of amides is 1. The van der Waals surface area contributed by atoms with Crippen molar-refractivity contribution in [3.05, 3.63) is 53.1 Å². The van der Waals surface area contributed by atoms with Crippen LogP contribution in [0.1, 0.15) is 21.5 Å². The predicted molar refractivity (Wildman–Crippen MR) is 114 cm³/mol. The van der Waals surface area contributed by atoms with E-state index in [1.165, 1.54) is 4.90 Å². The number of benzene rings is 2. The van der Waals surface area contributed by atoms with Crippen molar-refractivity contribution in [3.63, 3.8) is 0 Å². The monoisotopic (exact) mass is 415 g/mol. The Morgan fingerprint density at radius 3 is 2.13 bits per heavy atom. The molecule has 0 radical (unpaired) electrons. The smallest absolute Gasteiger partial charge is 0.254 e. The van der Waals surface area contributed by atoms with Crippen LogP contribution in [0.3, 0.4) is 0 Å². The van der Waals surface area contributed by atoms with Gasteiger partial charge in [-0.05, 0) is 29.8 Å². The molecule has 7 heteroatoms. The van der Waals surface area contributed by atoms with Gasteiger partial charge in [0.1, 0.15) is 6.54 Å². The minimum absolute atomic E-state index is 0.0849. The summed E-state index contributed by atoms with van der Waals surface area (Å²) in [6.45, 7) is 4.57. The van der Waals surface area contributed by atoms with Gasteiger partial charge in [-0.25, -0.2) is 0 Å². The third-order valence-corrected chi connectivity index (χ3v) is 5.50. The maximum absolute atomic E-state index is 12.8. The summed E-state index contributed by atoms with van der Waals surface area (Å²) < 4.78 is 21.6. The predicted octanol–water partition coefficient (Wildman–Crippen LogP) is 1.40. The number of carbonyl (C=O) groups excluding carboxylic acids is 1. The van der Waals surface area contributed by atoms with Crippen LogP contribution in [0.15, 0.2) is 36.4 Å². The highest BCUT2D eigenvalue weighted by Crippen LogP contribution is 2.39. The van der Waals surface area contributed by atoms with Gasteiger partial charge in [0, 0.05) is 12.7 Å². The van der Waals surface area contributed by atoms with Gasteiger partial charge in [-0.3, -0.25) is 4.79 Å². The SMILES string of the molecule is COCc1ccc(C(=O)N2CC[NH+](Cc3ccc(OC)c(OC)c3OC)CC2)cc1. The minimum atomic E-state index is 0.0849. The van der Waals surface area contributed by atoms with E-state index in [1.54, 1.807) is 28.4 Å². The lowest BCUT2D eigenvalue weighted by Gasteiger charge is -2.32. The topological polar surface area (TPSA) is 61.7 Å². The van der Waals surface area contributed by atoms with Crippen molar-refractivity contribution in [1.82, 2.24) is 4.90 Å². The molecule has 2 aromatic carbocycles. The first-order valence-electron chi connectivity index (χ1n) is 10.1. The lowest BCUT2D eigenvalue weighted by atomic mass is 10.1. The Kier molecular flexibility index (Phi) is 7.54. The van der Waals surface area contributed by atoms with Crippen molar-refractivity contribution in [2.75, 3.05) is 54.6 Å². The van der Waals surface area contributed by atoms with Gasteiger partial charge in [-0.1, -0.05) is 12.1 Å². The number of piperazine rings is 1. The second kappa shape index (κ2) is 10.3. The number of ether oxygens (including phenoxy) is 4. The maximum Gasteiger partial charge on any atom is 0.254 e. The molecule has 1 amide bonds. The Morgan fingerprint density at radius 2 is 1.57 bits per heavy atom. The molecule has 1 N–H and O–H groups in total. The zero-order valence-electron chi connectivity index (χ0n) is 18.2. The van der Waals surface area contributed by atoms with E-state index in [9.17, 15) is 4.79 Å². The Labute approximate surface area is 178 Å². The molecule has 2 aromatic rings.